The van der Waals surface area contributed by atoms with Crippen molar-refractivity contribution in [3.8, 4) is 0 Å². The van der Waals surface area contributed by atoms with Gasteiger partial charge in [0, 0.05) is 20.1 Å². The Hall–Kier alpha value is -1.88. The van der Waals surface area contributed by atoms with Gasteiger partial charge in [-0.25, -0.2) is 4.79 Å². The van der Waals surface area contributed by atoms with Crippen molar-refractivity contribution in [2.24, 2.45) is 0 Å². The van der Waals surface area contributed by atoms with Gasteiger partial charge in [-0.2, -0.15) is 0 Å². The summed E-state index contributed by atoms with van der Waals surface area (Å²) in [5.74, 6) is -0.978. The summed E-state index contributed by atoms with van der Waals surface area (Å²) in [6.07, 6.45) is 1.03. The molecule has 2 N–H and O–H groups in total. The van der Waals surface area contributed by atoms with Gasteiger partial charge in [-0.05, 0) is 24.1 Å². The zero-order valence-corrected chi connectivity index (χ0v) is 10.3. The molecule has 0 atom stereocenters. The zero-order chi connectivity index (χ0) is 13.4. The Balaban J connectivity index is 2.31. The van der Waals surface area contributed by atoms with E-state index in [1.165, 1.54) is 0 Å². The van der Waals surface area contributed by atoms with E-state index in [9.17, 15) is 9.59 Å². The van der Waals surface area contributed by atoms with Crippen molar-refractivity contribution in [2.75, 3.05) is 20.3 Å². The van der Waals surface area contributed by atoms with Gasteiger partial charge in [-0.3, -0.25) is 4.79 Å². The maximum Gasteiger partial charge on any atom is 0.335 e. The van der Waals surface area contributed by atoms with Crippen molar-refractivity contribution in [2.45, 2.75) is 12.8 Å². The second-order valence-corrected chi connectivity index (χ2v) is 3.84. The summed E-state index contributed by atoms with van der Waals surface area (Å²) in [7, 11) is 1.55. The van der Waals surface area contributed by atoms with Crippen LogP contribution in [0.2, 0.25) is 0 Å². The molecule has 0 saturated carbocycles. The Kier molecular flexibility index (Phi) is 5.87. The highest BCUT2D eigenvalue weighted by Crippen LogP contribution is 2.04. The molecule has 0 heterocycles. The van der Waals surface area contributed by atoms with Gasteiger partial charge in [0.05, 0.1) is 12.2 Å². The van der Waals surface area contributed by atoms with Gasteiger partial charge in [-0.15, -0.1) is 0 Å². The molecule has 1 amide bonds. The summed E-state index contributed by atoms with van der Waals surface area (Å²) in [4.78, 5) is 21.9. The Morgan fingerprint density at radius 2 is 1.94 bits per heavy atom. The number of methoxy groups -OCH3 is 1. The summed E-state index contributed by atoms with van der Waals surface area (Å²) >= 11 is 0. The number of nitrogens with one attached hydrogen (secondary N) is 1. The maximum atomic E-state index is 11.3. The normalized spacial score (nSPS) is 10.1. The quantitative estimate of drug-likeness (QED) is 0.760. The highest BCUT2D eigenvalue weighted by atomic mass is 16.5. The third-order valence-electron chi connectivity index (χ3n) is 2.47. The van der Waals surface area contributed by atoms with Crippen LogP contribution < -0.4 is 5.32 Å². The molecule has 98 valence electrons. The third-order valence-corrected chi connectivity index (χ3v) is 2.47. The average Bonchev–Trinajstić information content (AvgIpc) is 2.37. The SMILES string of the molecule is COCCC(=O)NCCc1ccc(C(=O)O)cc1. The molecule has 5 nitrogen and oxygen atoms in total. The van der Waals surface area contributed by atoms with E-state index in [4.69, 9.17) is 9.84 Å². The van der Waals surface area contributed by atoms with Crippen LogP contribution in [0, 0.1) is 0 Å². The monoisotopic (exact) mass is 251 g/mol. The molecule has 0 aliphatic rings. The Bertz CT molecular complexity index is 400. The predicted octanol–water partition coefficient (Wildman–Crippen LogP) is 1.08. The van der Waals surface area contributed by atoms with Crippen molar-refractivity contribution < 1.29 is 19.4 Å². The maximum absolute atomic E-state index is 11.3. The second kappa shape index (κ2) is 7.45. The van der Waals surface area contributed by atoms with Crippen molar-refractivity contribution >= 4 is 11.9 Å². The van der Waals surface area contributed by atoms with E-state index in [0.29, 0.717) is 26.0 Å². The molecule has 1 aromatic carbocycles. The van der Waals surface area contributed by atoms with Gasteiger partial charge in [0.15, 0.2) is 0 Å². The van der Waals surface area contributed by atoms with E-state index in [-0.39, 0.29) is 11.5 Å². The van der Waals surface area contributed by atoms with Gasteiger partial charge in [-0.1, -0.05) is 12.1 Å². The summed E-state index contributed by atoms with van der Waals surface area (Å²) in [6, 6.07) is 6.63. The van der Waals surface area contributed by atoms with Crippen molar-refractivity contribution in [1.82, 2.24) is 5.32 Å². The Morgan fingerprint density at radius 3 is 2.50 bits per heavy atom. The van der Waals surface area contributed by atoms with E-state index in [1.54, 1.807) is 31.4 Å². The lowest BCUT2D eigenvalue weighted by atomic mass is 10.1. The lowest BCUT2D eigenvalue weighted by Crippen LogP contribution is -2.26. The van der Waals surface area contributed by atoms with Crippen molar-refractivity contribution in [3.05, 3.63) is 35.4 Å². The lowest BCUT2D eigenvalue weighted by Gasteiger charge is -2.05. The van der Waals surface area contributed by atoms with E-state index >= 15 is 0 Å². The van der Waals surface area contributed by atoms with Crippen molar-refractivity contribution in [1.29, 1.82) is 0 Å². The van der Waals surface area contributed by atoms with E-state index in [0.717, 1.165) is 5.56 Å². The van der Waals surface area contributed by atoms with Crippen LogP contribution in [-0.4, -0.2) is 37.2 Å². The minimum absolute atomic E-state index is 0.0426. The molecular formula is C13H17NO4. The molecule has 0 bridgehead atoms. The van der Waals surface area contributed by atoms with Gasteiger partial charge >= 0.3 is 5.97 Å². The smallest absolute Gasteiger partial charge is 0.335 e. The molecule has 0 aromatic heterocycles. The van der Waals surface area contributed by atoms with Gasteiger partial charge in [0.1, 0.15) is 0 Å². The molecule has 0 radical (unpaired) electrons. The van der Waals surface area contributed by atoms with Crippen LogP contribution >= 0.6 is 0 Å². The van der Waals surface area contributed by atoms with Crippen LogP contribution in [0.1, 0.15) is 22.3 Å². The number of amides is 1. The molecule has 1 rings (SSSR count). The van der Waals surface area contributed by atoms with E-state index in [2.05, 4.69) is 5.32 Å². The number of hydrogen-bond acceptors (Lipinski definition) is 3. The first kappa shape index (κ1) is 14.2. The lowest BCUT2D eigenvalue weighted by molar-refractivity contribution is -0.121. The summed E-state index contributed by atoms with van der Waals surface area (Å²) in [5.41, 5.74) is 1.26. The number of carboxylic acid groups (broad SMARTS) is 1. The molecule has 5 heteroatoms. The fraction of sp³-hybridized carbons (Fsp3) is 0.385. The fourth-order valence-corrected chi connectivity index (χ4v) is 1.44. The van der Waals surface area contributed by atoms with Crippen LogP contribution in [0.25, 0.3) is 0 Å². The largest absolute Gasteiger partial charge is 0.478 e. The fourth-order valence-electron chi connectivity index (χ4n) is 1.44. The Labute approximate surface area is 106 Å². The highest BCUT2D eigenvalue weighted by Gasteiger charge is 2.03. The molecule has 1 aromatic rings. The number of aromatic carboxylic acids is 1. The molecule has 0 aliphatic carbocycles. The van der Waals surface area contributed by atoms with E-state index < -0.39 is 5.97 Å². The minimum atomic E-state index is -0.936. The van der Waals surface area contributed by atoms with Crippen LogP contribution in [0.5, 0.6) is 0 Å². The number of ether oxygens (including phenoxy) is 1. The Morgan fingerprint density at radius 1 is 1.28 bits per heavy atom. The molecule has 0 spiro atoms. The second-order valence-electron chi connectivity index (χ2n) is 3.84. The number of hydrogen-bond donors (Lipinski definition) is 2. The molecule has 0 saturated heterocycles. The average molecular weight is 251 g/mol. The summed E-state index contributed by atoms with van der Waals surface area (Å²) in [6.45, 7) is 0.952. The van der Waals surface area contributed by atoms with Crippen molar-refractivity contribution in [3.63, 3.8) is 0 Å². The third kappa shape index (κ3) is 4.97. The highest BCUT2D eigenvalue weighted by molar-refractivity contribution is 5.87. The topological polar surface area (TPSA) is 75.6 Å². The van der Waals surface area contributed by atoms with Gasteiger partial charge < -0.3 is 15.2 Å². The summed E-state index contributed by atoms with van der Waals surface area (Å²) in [5, 5.41) is 11.5. The number of carbonyl (C=O) groups is 2. The molecule has 0 aliphatic heterocycles. The first-order valence-corrected chi connectivity index (χ1v) is 5.71. The predicted molar refractivity (Wildman–Crippen MR) is 66.6 cm³/mol. The zero-order valence-electron chi connectivity index (χ0n) is 10.3. The number of rotatable bonds is 7. The first-order valence-electron chi connectivity index (χ1n) is 5.71. The molecule has 0 unspecified atom stereocenters. The van der Waals surface area contributed by atoms with Gasteiger partial charge in [0.25, 0.3) is 0 Å². The van der Waals surface area contributed by atoms with E-state index in [1.807, 2.05) is 0 Å². The molecule has 18 heavy (non-hydrogen) atoms. The van der Waals surface area contributed by atoms with Crippen LogP contribution in [0.15, 0.2) is 24.3 Å². The van der Waals surface area contributed by atoms with Crippen LogP contribution in [-0.2, 0) is 16.0 Å². The summed E-state index contributed by atoms with van der Waals surface area (Å²) < 4.78 is 4.80. The standard InChI is InChI=1S/C13H17NO4/c1-18-9-7-12(15)14-8-6-10-2-4-11(5-3-10)13(16)17/h2-5H,6-9H2,1H3,(H,14,15)(H,16,17). The molecular weight excluding hydrogens is 234 g/mol. The minimum Gasteiger partial charge on any atom is -0.478 e. The number of benzene rings is 1. The number of carbonyl (C=O) groups excluding carboxylic acids is 1. The van der Waals surface area contributed by atoms with Gasteiger partial charge in [0.2, 0.25) is 5.91 Å². The van der Waals surface area contributed by atoms with Crippen LogP contribution in [0.3, 0.4) is 0 Å². The molecule has 0 fully saturated rings. The van der Waals surface area contributed by atoms with Crippen LogP contribution in [0.4, 0.5) is 0 Å². The first-order chi connectivity index (χ1) is 8.63. The number of carboxylic acids is 1.